The second kappa shape index (κ2) is 2.85. The van der Waals surface area contributed by atoms with E-state index in [1.807, 2.05) is 0 Å². The van der Waals surface area contributed by atoms with Crippen molar-refractivity contribution >= 4 is 12.6 Å². The maximum absolute atomic E-state index is 8.87. The van der Waals surface area contributed by atoms with Crippen molar-refractivity contribution in [1.29, 1.82) is 0 Å². The number of rotatable bonds is 2. The Labute approximate surface area is 69.1 Å². The maximum atomic E-state index is 8.87. The normalized spacial score (nSPS) is 22.8. The van der Waals surface area contributed by atoms with Gasteiger partial charge in [0.05, 0.1) is 5.48 Å². The van der Waals surface area contributed by atoms with Gasteiger partial charge >= 0.3 is 7.12 Å². The van der Waals surface area contributed by atoms with Crippen LogP contribution in [0.15, 0.2) is 12.3 Å². The van der Waals surface area contributed by atoms with E-state index < -0.39 is 38.3 Å². The Bertz CT molecular complexity index is 429. The molecule has 0 saturated carbocycles. The molecule has 1 aromatic rings. The van der Waals surface area contributed by atoms with Crippen molar-refractivity contribution in [3.05, 3.63) is 12.3 Å². The van der Waals surface area contributed by atoms with Crippen LogP contribution in [0, 0.1) is 0 Å². The molecule has 0 aliphatic rings. The zero-order chi connectivity index (χ0) is 13.6. The quantitative estimate of drug-likeness (QED) is 0.505. The summed E-state index contributed by atoms with van der Waals surface area (Å²) in [5.41, 5.74) is -0.641. The van der Waals surface area contributed by atoms with E-state index in [-0.39, 0.29) is 4.68 Å². The highest BCUT2D eigenvalue weighted by molar-refractivity contribution is 6.58. The molecule has 0 unspecified atom stereocenters. The fraction of sp³-hybridized carbons (Fsp3) is 0.400. The molecule has 0 saturated heterocycles. The van der Waals surface area contributed by atoms with E-state index in [9.17, 15) is 0 Å². The van der Waals surface area contributed by atoms with Crippen LogP contribution in [0.5, 0.6) is 0 Å². The van der Waals surface area contributed by atoms with Crippen LogP contribution in [0.1, 0.15) is 16.4 Å². The molecule has 0 amide bonds. The summed E-state index contributed by atoms with van der Waals surface area (Å²) in [5.74, 6) is 0. The lowest BCUT2D eigenvalue weighted by atomic mass is 9.83. The Kier molecular flexibility index (Phi) is 0.672. The predicted molar refractivity (Wildman–Crippen MR) is 37.7 cm³/mol. The standard InChI is InChI=1S/C5H9BN2O2/c1-2-8-4-5(3-7-8)6(9)10/h3-4,9-10H,2H2,1H3/i1D3,2D2,3D,4D. The van der Waals surface area contributed by atoms with Crippen LogP contribution in [-0.2, 0) is 6.50 Å². The molecule has 54 valence electrons. The summed E-state index contributed by atoms with van der Waals surface area (Å²) in [4.78, 5) is 0. The Morgan fingerprint density at radius 2 is 2.90 bits per heavy atom. The monoisotopic (exact) mass is 147 g/mol. The molecule has 0 aliphatic carbocycles. The predicted octanol–water partition coefficient (Wildman–Crippen LogP) is -1.42. The van der Waals surface area contributed by atoms with E-state index in [4.69, 9.17) is 19.6 Å². The first kappa shape index (κ1) is 2.35. The molecule has 0 aliphatic heterocycles. The van der Waals surface area contributed by atoms with Crippen molar-refractivity contribution in [2.45, 2.75) is 13.3 Å². The van der Waals surface area contributed by atoms with Crippen molar-refractivity contribution in [2.75, 3.05) is 0 Å². The van der Waals surface area contributed by atoms with Crippen LogP contribution >= 0.6 is 0 Å². The highest BCUT2D eigenvalue weighted by atomic mass is 16.4. The largest absolute Gasteiger partial charge is 0.491 e. The second-order valence-corrected chi connectivity index (χ2v) is 1.53. The topological polar surface area (TPSA) is 58.3 Å². The minimum Gasteiger partial charge on any atom is -0.423 e. The fourth-order valence-electron chi connectivity index (χ4n) is 0.436. The average molecular weight is 147 g/mol. The van der Waals surface area contributed by atoms with Crippen molar-refractivity contribution in [1.82, 2.24) is 9.78 Å². The Balaban J connectivity index is 3.40. The number of hydrogen-bond acceptors (Lipinski definition) is 3. The molecule has 10 heavy (non-hydrogen) atoms. The van der Waals surface area contributed by atoms with Gasteiger partial charge in [-0.25, -0.2) is 0 Å². The van der Waals surface area contributed by atoms with E-state index in [1.165, 1.54) is 0 Å². The molecule has 0 aromatic carbocycles. The van der Waals surface area contributed by atoms with Crippen molar-refractivity contribution in [2.24, 2.45) is 0 Å². The first-order valence-electron chi connectivity index (χ1n) is 5.93. The van der Waals surface area contributed by atoms with Gasteiger partial charge in [0, 0.05) is 28.4 Å². The molecule has 5 heteroatoms. The molecule has 0 radical (unpaired) electrons. The summed E-state index contributed by atoms with van der Waals surface area (Å²) in [6.07, 6.45) is -1.61. The molecular weight excluding hydrogens is 131 g/mol. The second-order valence-electron chi connectivity index (χ2n) is 1.53. The molecule has 0 fully saturated rings. The van der Waals surface area contributed by atoms with Gasteiger partial charge in [-0.3, -0.25) is 4.68 Å². The van der Waals surface area contributed by atoms with E-state index in [0.717, 1.165) is 0 Å². The third-order valence-electron chi connectivity index (χ3n) is 0.861. The van der Waals surface area contributed by atoms with E-state index in [1.54, 1.807) is 0 Å². The zero-order valence-electron chi connectivity index (χ0n) is 11.9. The summed E-state index contributed by atoms with van der Waals surface area (Å²) < 4.78 is 50.4. The Hall–Kier alpha value is -0.805. The summed E-state index contributed by atoms with van der Waals surface area (Å²) >= 11 is 0. The average Bonchev–Trinajstić information content (AvgIpc) is 2.39. The minimum atomic E-state index is -3.10. The lowest BCUT2D eigenvalue weighted by Gasteiger charge is -1.91. The summed E-state index contributed by atoms with van der Waals surface area (Å²) in [5, 5.41) is 20.9. The molecular formula is C5H9BN2O2. The molecule has 4 nitrogen and oxygen atoms in total. The van der Waals surface area contributed by atoms with Gasteiger partial charge < -0.3 is 10.0 Å². The third-order valence-corrected chi connectivity index (χ3v) is 0.861. The van der Waals surface area contributed by atoms with Gasteiger partial charge in [0.1, 0.15) is 0 Å². The van der Waals surface area contributed by atoms with Crippen molar-refractivity contribution in [3.8, 4) is 0 Å². The lowest BCUT2D eigenvalue weighted by molar-refractivity contribution is 0.425. The van der Waals surface area contributed by atoms with E-state index in [0.29, 0.717) is 0 Å². The van der Waals surface area contributed by atoms with Crippen LogP contribution < -0.4 is 5.46 Å². The van der Waals surface area contributed by atoms with Gasteiger partial charge in [-0.2, -0.15) is 5.10 Å². The Morgan fingerprint density at radius 1 is 2.10 bits per heavy atom. The molecule has 1 aromatic heterocycles. The number of aryl methyl sites for hydroxylation is 1. The number of nitrogens with zero attached hydrogens (tertiary/aromatic N) is 2. The van der Waals surface area contributed by atoms with Gasteiger partial charge in [-0.15, -0.1) is 0 Å². The van der Waals surface area contributed by atoms with Crippen molar-refractivity contribution in [3.63, 3.8) is 0 Å². The lowest BCUT2D eigenvalue weighted by Crippen LogP contribution is -2.28. The molecule has 2 N–H and O–H groups in total. The maximum Gasteiger partial charge on any atom is 0.491 e. The summed E-state index contributed by atoms with van der Waals surface area (Å²) in [6.45, 7) is -6.11. The van der Waals surface area contributed by atoms with Crippen LogP contribution in [0.2, 0.25) is 0 Å². The highest BCUT2D eigenvalue weighted by Crippen LogP contribution is 1.81. The van der Waals surface area contributed by atoms with Gasteiger partial charge in [0.15, 0.2) is 0 Å². The Morgan fingerprint density at radius 3 is 3.40 bits per heavy atom. The molecule has 1 heterocycles. The summed E-state index contributed by atoms with van der Waals surface area (Å²) in [7, 11) is -2.18. The number of hydrogen-bond donors (Lipinski definition) is 2. The van der Waals surface area contributed by atoms with Crippen LogP contribution in [0.4, 0.5) is 0 Å². The zero-order valence-corrected chi connectivity index (χ0v) is 4.87. The van der Waals surface area contributed by atoms with E-state index >= 15 is 0 Å². The molecule has 0 spiro atoms. The molecule has 0 atom stereocenters. The van der Waals surface area contributed by atoms with Gasteiger partial charge in [-0.05, 0) is 6.85 Å². The van der Waals surface area contributed by atoms with Crippen molar-refractivity contribution < 1.29 is 19.6 Å². The highest BCUT2D eigenvalue weighted by Gasteiger charge is 2.11. The van der Waals surface area contributed by atoms with Gasteiger partial charge in [0.2, 0.25) is 0 Å². The van der Waals surface area contributed by atoms with Crippen LogP contribution in [-0.4, -0.2) is 26.9 Å². The third kappa shape index (κ3) is 1.37. The summed E-state index contributed by atoms with van der Waals surface area (Å²) in [6, 6.07) is 0. The van der Waals surface area contributed by atoms with Crippen LogP contribution in [0.3, 0.4) is 0 Å². The molecule has 1 rings (SSSR count). The first-order chi connectivity index (χ1) is 7.50. The van der Waals surface area contributed by atoms with Gasteiger partial charge in [0.25, 0.3) is 0 Å². The SMILES string of the molecule is [2H]c1nn(C([2H])([2H])C([2H])([2H])[2H])c([2H])c1B(O)O. The number of aromatic nitrogens is 2. The van der Waals surface area contributed by atoms with E-state index in [2.05, 4.69) is 5.10 Å². The molecule has 0 bridgehead atoms. The van der Waals surface area contributed by atoms with Crippen LogP contribution in [0.25, 0.3) is 0 Å². The fourth-order valence-corrected chi connectivity index (χ4v) is 0.436. The smallest absolute Gasteiger partial charge is 0.423 e. The van der Waals surface area contributed by atoms with Gasteiger partial charge in [-0.1, -0.05) is 0 Å². The minimum absolute atomic E-state index is 0.150. The first-order valence-corrected chi connectivity index (χ1v) is 2.43.